The lowest BCUT2D eigenvalue weighted by Crippen LogP contribution is -2.05. The number of hydrogen-bond donors (Lipinski definition) is 0. The van der Waals surface area contributed by atoms with Crippen molar-refractivity contribution in [2.75, 3.05) is 6.61 Å². The van der Waals surface area contributed by atoms with Crippen LogP contribution in [0.5, 0.6) is 5.75 Å². The number of rotatable bonds is 4. The summed E-state index contributed by atoms with van der Waals surface area (Å²) in [6, 6.07) is 1.93. The third-order valence-corrected chi connectivity index (χ3v) is 3.92. The van der Waals surface area contributed by atoms with E-state index in [2.05, 4.69) is 18.0 Å². The SMILES string of the molecule is CCOc1ccnc(C)c1CC1=C(Cl)CCC=C1C. The van der Waals surface area contributed by atoms with Crippen LogP contribution >= 0.6 is 11.6 Å². The third kappa shape index (κ3) is 3.19. The fraction of sp³-hybridized carbons (Fsp3) is 0.438. The molecule has 0 spiro atoms. The Morgan fingerprint density at radius 1 is 1.37 bits per heavy atom. The number of nitrogens with zero attached hydrogens (tertiary/aromatic N) is 1. The molecular formula is C16H20ClNO. The first-order valence-electron chi connectivity index (χ1n) is 6.75. The monoisotopic (exact) mass is 277 g/mol. The number of halogens is 1. The summed E-state index contributed by atoms with van der Waals surface area (Å²) in [5.41, 5.74) is 4.67. The second kappa shape index (κ2) is 6.25. The van der Waals surface area contributed by atoms with Crippen LogP contribution in [0.2, 0.25) is 0 Å². The molecule has 0 radical (unpaired) electrons. The van der Waals surface area contributed by atoms with Gasteiger partial charge in [-0.25, -0.2) is 0 Å². The average Bonchev–Trinajstić information content (AvgIpc) is 2.37. The smallest absolute Gasteiger partial charge is 0.126 e. The molecule has 0 aromatic carbocycles. The van der Waals surface area contributed by atoms with Crippen molar-refractivity contribution in [2.24, 2.45) is 0 Å². The Labute approximate surface area is 120 Å². The standard InChI is InChI=1S/C16H20ClNO/c1-4-19-16-8-9-18-12(3)14(16)10-13-11(2)6-5-7-15(13)17/h6,8-9H,4-5,7,10H2,1-3H3. The van der Waals surface area contributed by atoms with Crippen LogP contribution < -0.4 is 4.74 Å². The highest BCUT2D eigenvalue weighted by Crippen LogP contribution is 2.33. The van der Waals surface area contributed by atoms with E-state index in [1.165, 1.54) is 11.1 Å². The lowest BCUT2D eigenvalue weighted by atomic mass is 9.92. The van der Waals surface area contributed by atoms with Gasteiger partial charge in [0.05, 0.1) is 6.61 Å². The van der Waals surface area contributed by atoms with E-state index >= 15 is 0 Å². The van der Waals surface area contributed by atoms with E-state index in [0.717, 1.165) is 41.3 Å². The first-order chi connectivity index (χ1) is 9.13. The average molecular weight is 278 g/mol. The molecule has 1 heterocycles. The summed E-state index contributed by atoms with van der Waals surface area (Å²) in [7, 11) is 0. The fourth-order valence-corrected chi connectivity index (χ4v) is 2.72. The highest BCUT2D eigenvalue weighted by atomic mass is 35.5. The summed E-state index contributed by atoms with van der Waals surface area (Å²) in [6.45, 7) is 6.81. The van der Waals surface area contributed by atoms with Crippen LogP contribution in [0.1, 0.15) is 37.9 Å². The predicted molar refractivity (Wildman–Crippen MR) is 79.7 cm³/mol. The maximum Gasteiger partial charge on any atom is 0.126 e. The molecule has 2 nitrogen and oxygen atoms in total. The second-order valence-electron chi connectivity index (χ2n) is 4.79. The van der Waals surface area contributed by atoms with Crippen LogP contribution in [0.15, 0.2) is 34.5 Å². The van der Waals surface area contributed by atoms with E-state index in [0.29, 0.717) is 6.61 Å². The Hall–Kier alpha value is -1.28. The van der Waals surface area contributed by atoms with Crippen LogP contribution in [0.3, 0.4) is 0 Å². The summed E-state index contributed by atoms with van der Waals surface area (Å²) in [5.74, 6) is 0.922. The molecule has 0 unspecified atom stereocenters. The number of hydrogen-bond acceptors (Lipinski definition) is 2. The molecule has 3 heteroatoms. The van der Waals surface area contributed by atoms with Crippen LogP contribution in [-0.4, -0.2) is 11.6 Å². The van der Waals surface area contributed by atoms with Crippen molar-refractivity contribution in [2.45, 2.75) is 40.0 Å². The number of aromatic nitrogens is 1. The van der Waals surface area contributed by atoms with Gasteiger partial charge in [-0.15, -0.1) is 0 Å². The molecule has 0 aliphatic heterocycles. The lowest BCUT2D eigenvalue weighted by molar-refractivity contribution is 0.336. The largest absolute Gasteiger partial charge is 0.493 e. The number of pyridine rings is 1. The minimum absolute atomic E-state index is 0.665. The summed E-state index contributed by atoms with van der Waals surface area (Å²) < 4.78 is 5.70. The first-order valence-corrected chi connectivity index (χ1v) is 7.13. The zero-order valence-electron chi connectivity index (χ0n) is 11.8. The summed E-state index contributed by atoms with van der Waals surface area (Å²) in [6.07, 6.45) is 6.84. The number of ether oxygens (including phenoxy) is 1. The molecule has 0 N–H and O–H groups in total. The summed E-state index contributed by atoms with van der Waals surface area (Å²) in [5, 5.41) is 0.978. The number of allylic oxidation sites excluding steroid dienone is 4. The van der Waals surface area contributed by atoms with Crippen molar-refractivity contribution in [3.8, 4) is 5.75 Å². The molecule has 2 rings (SSSR count). The summed E-state index contributed by atoms with van der Waals surface area (Å²) >= 11 is 6.39. The Morgan fingerprint density at radius 2 is 2.16 bits per heavy atom. The molecule has 0 bridgehead atoms. The number of aryl methyl sites for hydroxylation is 1. The Kier molecular flexibility index (Phi) is 4.65. The van der Waals surface area contributed by atoms with Gasteiger partial charge < -0.3 is 4.74 Å². The molecule has 0 amide bonds. The van der Waals surface area contributed by atoms with Gasteiger partial charge in [-0.3, -0.25) is 4.98 Å². The first kappa shape index (κ1) is 14.1. The minimum atomic E-state index is 0.665. The molecule has 0 atom stereocenters. The van der Waals surface area contributed by atoms with Crippen LogP contribution in [0.25, 0.3) is 0 Å². The molecule has 0 saturated heterocycles. The van der Waals surface area contributed by atoms with Gasteiger partial charge in [-0.05, 0) is 45.3 Å². The molecule has 0 fully saturated rings. The van der Waals surface area contributed by atoms with E-state index < -0.39 is 0 Å². The maximum absolute atomic E-state index is 6.39. The van der Waals surface area contributed by atoms with Crippen LogP contribution in [-0.2, 0) is 6.42 Å². The van der Waals surface area contributed by atoms with Gasteiger partial charge in [-0.2, -0.15) is 0 Å². The molecular weight excluding hydrogens is 258 g/mol. The van der Waals surface area contributed by atoms with Gasteiger partial charge in [0.15, 0.2) is 0 Å². The quantitative estimate of drug-likeness (QED) is 0.805. The maximum atomic E-state index is 6.39. The van der Waals surface area contributed by atoms with Crippen molar-refractivity contribution < 1.29 is 4.74 Å². The molecule has 19 heavy (non-hydrogen) atoms. The Balaban J connectivity index is 2.35. The van der Waals surface area contributed by atoms with Gasteiger partial charge >= 0.3 is 0 Å². The molecule has 102 valence electrons. The van der Waals surface area contributed by atoms with E-state index in [9.17, 15) is 0 Å². The normalized spacial score (nSPS) is 15.5. The Morgan fingerprint density at radius 3 is 2.84 bits per heavy atom. The Bertz CT molecular complexity index is 532. The third-order valence-electron chi connectivity index (χ3n) is 3.50. The molecule has 0 saturated carbocycles. The van der Waals surface area contributed by atoms with Crippen molar-refractivity contribution in [3.63, 3.8) is 0 Å². The fourth-order valence-electron chi connectivity index (χ4n) is 2.39. The van der Waals surface area contributed by atoms with Gasteiger partial charge in [0.2, 0.25) is 0 Å². The topological polar surface area (TPSA) is 22.1 Å². The van der Waals surface area contributed by atoms with Crippen molar-refractivity contribution >= 4 is 11.6 Å². The van der Waals surface area contributed by atoms with Crippen molar-refractivity contribution in [3.05, 3.63) is 45.8 Å². The van der Waals surface area contributed by atoms with Crippen molar-refractivity contribution in [1.29, 1.82) is 0 Å². The molecule has 1 aromatic rings. The van der Waals surface area contributed by atoms with Gasteiger partial charge in [0.25, 0.3) is 0 Å². The van der Waals surface area contributed by atoms with E-state index in [1.807, 2.05) is 19.9 Å². The zero-order valence-corrected chi connectivity index (χ0v) is 12.5. The zero-order chi connectivity index (χ0) is 13.8. The highest BCUT2D eigenvalue weighted by molar-refractivity contribution is 6.30. The van der Waals surface area contributed by atoms with E-state index in [-0.39, 0.29) is 0 Å². The van der Waals surface area contributed by atoms with E-state index in [4.69, 9.17) is 16.3 Å². The molecule has 1 aromatic heterocycles. The predicted octanol–water partition coefficient (Wildman–Crippen LogP) is 4.56. The molecule has 1 aliphatic rings. The van der Waals surface area contributed by atoms with Gasteiger partial charge in [-0.1, -0.05) is 23.3 Å². The summed E-state index contributed by atoms with van der Waals surface area (Å²) in [4.78, 5) is 4.37. The second-order valence-corrected chi connectivity index (χ2v) is 5.25. The van der Waals surface area contributed by atoms with Gasteiger partial charge in [0, 0.05) is 28.9 Å². The minimum Gasteiger partial charge on any atom is -0.493 e. The van der Waals surface area contributed by atoms with Crippen LogP contribution in [0.4, 0.5) is 0 Å². The van der Waals surface area contributed by atoms with Crippen LogP contribution in [0, 0.1) is 6.92 Å². The lowest BCUT2D eigenvalue weighted by Gasteiger charge is -2.19. The molecule has 1 aliphatic carbocycles. The van der Waals surface area contributed by atoms with Gasteiger partial charge in [0.1, 0.15) is 5.75 Å². The van der Waals surface area contributed by atoms with E-state index in [1.54, 1.807) is 6.20 Å². The highest BCUT2D eigenvalue weighted by Gasteiger charge is 2.16. The van der Waals surface area contributed by atoms with Crippen molar-refractivity contribution in [1.82, 2.24) is 4.98 Å².